The van der Waals surface area contributed by atoms with E-state index in [1.54, 1.807) is 6.07 Å². The molecule has 0 radical (unpaired) electrons. The van der Waals surface area contributed by atoms with Crippen LogP contribution in [-0.4, -0.2) is 53.4 Å². The Morgan fingerprint density at radius 3 is 2.81 bits per heavy atom. The Morgan fingerprint density at radius 2 is 1.97 bits per heavy atom. The molecular formula is C23H26N4O4. The zero-order valence-electron chi connectivity index (χ0n) is 17.8. The average Bonchev–Trinajstić information content (AvgIpc) is 3.39. The Morgan fingerprint density at radius 1 is 1.16 bits per heavy atom. The minimum absolute atomic E-state index is 0.0305. The van der Waals surface area contributed by atoms with Gasteiger partial charge in [-0.1, -0.05) is 11.6 Å². The van der Waals surface area contributed by atoms with Crippen LogP contribution in [-0.2, 0) is 0 Å². The lowest BCUT2D eigenvalue weighted by Crippen LogP contribution is -2.43. The summed E-state index contributed by atoms with van der Waals surface area (Å²) in [6.07, 6.45) is 3.75. The van der Waals surface area contributed by atoms with Gasteiger partial charge in [0, 0.05) is 23.8 Å². The van der Waals surface area contributed by atoms with Crippen LogP contribution in [0.2, 0.25) is 0 Å². The molecule has 1 aromatic carbocycles. The van der Waals surface area contributed by atoms with Gasteiger partial charge in [-0.05, 0) is 64.0 Å². The lowest BCUT2D eigenvalue weighted by Gasteiger charge is -2.29. The van der Waals surface area contributed by atoms with Gasteiger partial charge in [0.15, 0.2) is 11.5 Å². The molecule has 1 amide bonds. The van der Waals surface area contributed by atoms with Gasteiger partial charge in [-0.15, -0.1) is 0 Å². The summed E-state index contributed by atoms with van der Waals surface area (Å²) in [4.78, 5) is 20.1. The van der Waals surface area contributed by atoms with Crippen LogP contribution >= 0.6 is 0 Å². The highest BCUT2D eigenvalue weighted by Crippen LogP contribution is 2.38. The highest BCUT2D eigenvalue weighted by molar-refractivity contribution is 6.09. The fourth-order valence-electron chi connectivity index (χ4n) is 4.37. The third-order valence-corrected chi connectivity index (χ3v) is 5.82. The van der Waals surface area contributed by atoms with Crippen LogP contribution in [0.4, 0.5) is 0 Å². The smallest absolute Gasteiger partial charge is 0.259 e. The van der Waals surface area contributed by atoms with Crippen LogP contribution in [0.5, 0.6) is 11.5 Å². The SMILES string of the molecule is Cc1cc(C(=O)N[C@H](C)CN2CCCCC2)c2c(-c3ccc4c(c3)OCO4)noc2n1. The molecule has 31 heavy (non-hydrogen) atoms. The van der Waals surface area contributed by atoms with Crippen molar-refractivity contribution in [3.63, 3.8) is 0 Å². The highest BCUT2D eigenvalue weighted by Gasteiger charge is 2.24. The normalized spacial score (nSPS) is 17.1. The van der Waals surface area contributed by atoms with Crippen LogP contribution in [0, 0.1) is 6.92 Å². The van der Waals surface area contributed by atoms with Crippen molar-refractivity contribution in [2.45, 2.75) is 39.2 Å². The number of hydrogen-bond acceptors (Lipinski definition) is 7. The molecular weight excluding hydrogens is 396 g/mol. The number of carbonyl (C=O) groups excluding carboxylic acids is 1. The number of nitrogens with one attached hydrogen (secondary N) is 1. The number of benzene rings is 1. The topological polar surface area (TPSA) is 89.7 Å². The number of rotatable bonds is 5. The van der Waals surface area contributed by atoms with Gasteiger partial charge in [-0.2, -0.15) is 0 Å². The molecule has 0 saturated carbocycles. The van der Waals surface area contributed by atoms with Gasteiger partial charge in [0.1, 0.15) is 5.69 Å². The summed E-state index contributed by atoms with van der Waals surface area (Å²) in [7, 11) is 0. The Labute approximate surface area is 180 Å². The zero-order chi connectivity index (χ0) is 21.4. The van der Waals surface area contributed by atoms with E-state index in [9.17, 15) is 4.79 Å². The molecule has 4 heterocycles. The maximum absolute atomic E-state index is 13.3. The van der Waals surface area contributed by atoms with Crippen molar-refractivity contribution in [1.82, 2.24) is 20.4 Å². The summed E-state index contributed by atoms with van der Waals surface area (Å²) >= 11 is 0. The summed E-state index contributed by atoms with van der Waals surface area (Å²) in [5.74, 6) is 1.19. The molecule has 1 saturated heterocycles. The number of fused-ring (bicyclic) bond motifs is 2. The quantitative estimate of drug-likeness (QED) is 0.673. The van der Waals surface area contributed by atoms with E-state index >= 15 is 0 Å². The number of aromatic nitrogens is 2. The second-order valence-corrected chi connectivity index (χ2v) is 8.33. The molecule has 162 valence electrons. The van der Waals surface area contributed by atoms with Crippen molar-refractivity contribution in [3.8, 4) is 22.8 Å². The third-order valence-electron chi connectivity index (χ3n) is 5.82. The number of likely N-dealkylation sites (tertiary alicyclic amines) is 1. The monoisotopic (exact) mass is 422 g/mol. The molecule has 5 rings (SSSR count). The predicted molar refractivity (Wildman–Crippen MR) is 115 cm³/mol. The van der Waals surface area contributed by atoms with Crippen molar-refractivity contribution in [2.24, 2.45) is 0 Å². The molecule has 2 aliphatic rings. The molecule has 0 unspecified atom stereocenters. The molecule has 0 aliphatic carbocycles. The highest BCUT2D eigenvalue weighted by atomic mass is 16.7. The van der Waals surface area contributed by atoms with Gasteiger partial charge in [0.25, 0.3) is 11.6 Å². The van der Waals surface area contributed by atoms with Crippen molar-refractivity contribution in [2.75, 3.05) is 26.4 Å². The van der Waals surface area contributed by atoms with Gasteiger partial charge < -0.3 is 24.2 Å². The molecule has 8 nitrogen and oxygen atoms in total. The number of amides is 1. The Kier molecular flexibility index (Phi) is 5.23. The second-order valence-electron chi connectivity index (χ2n) is 8.33. The summed E-state index contributed by atoms with van der Waals surface area (Å²) < 4.78 is 16.4. The first-order chi connectivity index (χ1) is 15.1. The fourth-order valence-corrected chi connectivity index (χ4v) is 4.37. The summed E-state index contributed by atoms with van der Waals surface area (Å²) in [6.45, 7) is 7.12. The predicted octanol–water partition coefficient (Wildman–Crippen LogP) is 3.53. The maximum atomic E-state index is 13.3. The minimum atomic E-state index is -0.148. The van der Waals surface area contributed by atoms with Crippen LogP contribution in [0.3, 0.4) is 0 Å². The van der Waals surface area contributed by atoms with Crippen molar-refractivity contribution >= 4 is 17.0 Å². The number of nitrogens with zero attached hydrogens (tertiary/aromatic N) is 3. The van der Waals surface area contributed by atoms with Crippen LogP contribution < -0.4 is 14.8 Å². The molecule has 8 heteroatoms. The number of hydrogen-bond donors (Lipinski definition) is 1. The molecule has 0 spiro atoms. The van der Waals surface area contributed by atoms with E-state index in [1.807, 2.05) is 32.0 Å². The lowest BCUT2D eigenvalue weighted by molar-refractivity contribution is 0.0927. The van der Waals surface area contributed by atoms with E-state index < -0.39 is 0 Å². The number of piperidine rings is 1. The van der Waals surface area contributed by atoms with Crippen molar-refractivity contribution in [1.29, 1.82) is 0 Å². The number of pyridine rings is 1. The molecule has 2 aromatic heterocycles. The minimum Gasteiger partial charge on any atom is -0.454 e. The molecule has 2 aliphatic heterocycles. The van der Waals surface area contributed by atoms with Gasteiger partial charge in [0.05, 0.1) is 10.9 Å². The standard InChI is InChI=1S/C23H26N4O4/c1-14-10-17(22(28)24-15(2)12-27-8-4-3-5-9-27)20-21(26-31-23(20)25-14)16-6-7-18-19(11-16)30-13-29-18/h6-7,10-11,15H,3-5,8-9,12-13H2,1-2H3,(H,24,28)/t15-/m1/s1. The second kappa shape index (κ2) is 8.19. The van der Waals surface area contributed by atoms with E-state index in [2.05, 4.69) is 20.4 Å². The van der Waals surface area contributed by atoms with Crippen LogP contribution in [0.1, 0.15) is 42.2 Å². The molecule has 0 bridgehead atoms. The average molecular weight is 422 g/mol. The van der Waals surface area contributed by atoms with Crippen LogP contribution in [0.15, 0.2) is 28.8 Å². The summed E-state index contributed by atoms with van der Waals surface area (Å²) in [6, 6.07) is 7.38. The Hall–Kier alpha value is -3.13. The van der Waals surface area contributed by atoms with E-state index in [-0.39, 0.29) is 18.7 Å². The largest absolute Gasteiger partial charge is 0.454 e. The molecule has 1 atom stereocenters. The summed E-state index contributed by atoms with van der Waals surface area (Å²) in [5, 5.41) is 7.98. The number of aryl methyl sites for hydroxylation is 1. The van der Waals surface area contributed by atoms with E-state index in [0.717, 1.165) is 25.2 Å². The van der Waals surface area contributed by atoms with Crippen LogP contribution in [0.25, 0.3) is 22.4 Å². The first kappa shape index (κ1) is 19.8. The van der Waals surface area contributed by atoms with Gasteiger partial charge in [-0.25, -0.2) is 4.98 Å². The maximum Gasteiger partial charge on any atom is 0.259 e. The Balaban J connectivity index is 1.45. The van der Waals surface area contributed by atoms with Crippen molar-refractivity contribution < 1.29 is 18.8 Å². The lowest BCUT2D eigenvalue weighted by atomic mass is 10.0. The fraction of sp³-hybridized carbons (Fsp3) is 0.435. The summed E-state index contributed by atoms with van der Waals surface area (Å²) in [5.41, 5.74) is 2.91. The van der Waals surface area contributed by atoms with E-state index in [1.165, 1.54) is 19.3 Å². The molecule has 1 fully saturated rings. The molecule has 1 N–H and O–H groups in total. The molecule has 3 aromatic rings. The van der Waals surface area contributed by atoms with Crippen molar-refractivity contribution in [3.05, 3.63) is 35.5 Å². The van der Waals surface area contributed by atoms with Gasteiger partial charge in [0.2, 0.25) is 6.79 Å². The first-order valence-corrected chi connectivity index (χ1v) is 10.8. The van der Waals surface area contributed by atoms with Gasteiger partial charge >= 0.3 is 0 Å². The first-order valence-electron chi connectivity index (χ1n) is 10.8. The van der Waals surface area contributed by atoms with E-state index in [0.29, 0.717) is 39.6 Å². The Bertz CT molecular complexity index is 1120. The number of carbonyl (C=O) groups is 1. The zero-order valence-corrected chi connectivity index (χ0v) is 17.8. The van der Waals surface area contributed by atoms with Gasteiger partial charge in [-0.3, -0.25) is 4.79 Å². The van der Waals surface area contributed by atoms with E-state index in [4.69, 9.17) is 14.0 Å². The third kappa shape index (κ3) is 3.95. The number of ether oxygens (including phenoxy) is 2.